The molecule has 1 aromatic rings. The van der Waals surface area contributed by atoms with Gasteiger partial charge in [-0.1, -0.05) is 12.1 Å². The average molecular weight is 275 g/mol. The Bertz CT molecular complexity index is 409. The van der Waals surface area contributed by atoms with Crippen molar-refractivity contribution in [3.05, 3.63) is 29.8 Å². The summed E-state index contributed by atoms with van der Waals surface area (Å²) in [5.74, 6) is 2.61. The molecule has 0 bridgehead atoms. The molecule has 2 saturated carbocycles. The summed E-state index contributed by atoms with van der Waals surface area (Å²) in [6, 6.07) is 7.78. The molecule has 1 N–H and O–H groups in total. The largest absolute Gasteiger partial charge is 0.497 e. The number of nitrogens with zero attached hydrogens (tertiary/aromatic N) is 1. The first-order valence-electron chi connectivity index (χ1n) is 7.79. The van der Waals surface area contributed by atoms with Gasteiger partial charge in [-0.3, -0.25) is 4.90 Å². The zero-order valence-electron chi connectivity index (χ0n) is 12.3. The average Bonchev–Trinajstić information content (AvgIpc) is 3.35. The minimum absolute atomic E-state index is 0.390. The SMILES string of the molecule is COc1ccc(C(O)CN(CC2CC2)CC2CC2)cc1. The molecule has 3 nitrogen and oxygen atoms in total. The number of aliphatic hydroxyl groups excluding tert-OH is 1. The molecule has 3 rings (SSSR count). The number of methoxy groups -OCH3 is 1. The van der Waals surface area contributed by atoms with E-state index in [-0.39, 0.29) is 0 Å². The summed E-state index contributed by atoms with van der Waals surface area (Å²) in [5, 5.41) is 10.4. The zero-order valence-corrected chi connectivity index (χ0v) is 12.3. The van der Waals surface area contributed by atoms with Crippen LogP contribution in [0.1, 0.15) is 37.4 Å². The maximum absolute atomic E-state index is 10.4. The molecule has 0 aromatic heterocycles. The molecule has 0 aliphatic heterocycles. The van der Waals surface area contributed by atoms with E-state index in [1.165, 1.54) is 38.8 Å². The van der Waals surface area contributed by atoms with E-state index in [9.17, 15) is 5.11 Å². The van der Waals surface area contributed by atoms with E-state index in [0.29, 0.717) is 0 Å². The Balaban J connectivity index is 1.56. The van der Waals surface area contributed by atoms with Crippen LogP contribution >= 0.6 is 0 Å². The van der Waals surface area contributed by atoms with E-state index >= 15 is 0 Å². The molecule has 0 spiro atoms. The zero-order chi connectivity index (χ0) is 13.9. The Labute approximate surface area is 121 Å². The van der Waals surface area contributed by atoms with Crippen LogP contribution in [0.5, 0.6) is 5.75 Å². The summed E-state index contributed by atoms with van der Waals surface area (Å²) in [4.78, 5) is 2.48. The topological polar surface area (TPSA) is 32.7 Å². The van der Waals surface area contributed by atoms with Gasteiger partial charge >= 0.3 is 0 Å². The molecule has 2 fully saturated rings. The smallest absolute Gasteiger partial charge is 0.118 e. The van der Waals surface area contributed by atoms with Gasteiger partial charge in [0.25, 0.3) is 0 Å². The van der Waals surface area contributed by atoms with Crippen molar-refractivity contribution >= 4 is 0 Å². The fourth-order valence-corrected chi connectivity index (χ4v) is 2.73. The van der Waals surface area contributed by atoms with Gasteiger partial charge in [-0.25, -0.2) is 0 Å². The predicted molar refractivity (Wildman–Crippen MR) is 79.8 cm³/mol. The Hall–Kier alpha value is -1.06. The van der Waals surface area contributed by atoms with Crippen LogP contribution in [-0.2, 0) is 0 Å². The van der Waals surface area contributed by atoms with Crippen LogP contribution < -0.4 is 4.74 Å². The standard InChI is InChI=1S/C17H25NO2/c1-20-16-8-6-15(7-9-16)17(19)12-18(10-13-2-3-13)11-14-4-5-14/h6-9,13-14,17,19H,2-5,10-12H2,1H3. The van der Waals surface area contributed by atoms with E-state index in [1.807, 2.05) is 24.3 Å². The van der Waals surface area contributed by atoms with Crippen LogP contribution in [0.2, 0.25) is 0 Å². The Morgan fingerprint density at radius 2 is 1.65 bits per heavy atom. The lowest BCUT2D eigenvalue weighted by molar-refractivity contribution is 0.107. The molecule has 0 radical (unpaired) electrons. The lowest BCUT2D eigenvalue weighted by atomic mass is 10.1. The number of hydrogen-bond acceptors (Lipinski definition) is 3. The molecule has 3 heteroatoms. The van der Waals surface area contributed by atoms with Gasteiger partial charge in [0.2, 0.25) is 0 Å². The van der Waals surface area contributed by atoms with Crippen LogP contribution in [-0.4, -0.2) is 36.8 Å². The van der Waals surface area contributed by atoms with Gasteiger partial charge in [0.05, 0.1) is 13.2 Å². The molecule has 0 heterocycles. The third-order valence-electron chi connectivity index (χ3n) is 4.36. The van der Waals surface area contributed by atoms with Gasteiger partial charge in [-0.2, -0.15) is 0 Å². The van der Waals surface area contributed by atoms with E-state index in [0.717, 1.165) is 29.7 Å². The molecule has 1 unspecified atom stereocenters. The van der Waals surface area contributed by atoms with Gasteiger partial charge in [0.1, 0.15) is 5.75 Å². The third kappa shape index (κ3) is 3.97. The van der Waals surface area contributed by atoms with Crippen molar-refractivity contribution < 1.29 is 9.84 Å². The molecular formula is C17H25NO2. The predicted octanol–water partition coefficient (Wildman–Crippen LogP) is 2.85. The first kappa shape index (κ1) is 13.9. The number of benzene rings is 1. The molecular weight excluding hydrogens is 250 g/mol. The number of hydrogen-bond donors (Lipinski definition) is 1. The van der Waals surface area contributed by atoms with E-state index in [2.05, 4.69) is 4.90 Å². The minimum atomic E-state index is -0.390. The van der Waals surface area contributed by atoms with Crippen LogP contribution in [0.15, 0.2) is 24.3 Å². The molecule has 1 aromatic carbocycles. The fourth-order valence-electron chi connectivity index (χ4n) is 2.73. The monoisotopic (exact) mass is 275 g/mol. The molecule has 1 atom stereocenters. The van der Waals surface area contributed by atoms with Gasteiger partial charge < -0.3 is 9.84 Å². The summed E-state index contributed by atoms with van der Waals surface area (Å²) >= 11 is 0. The highest BCUT2D eigenvalue weighted by Gasteiger charge is 2.30. The van der Waals surface area contributed by atoms with E-state index in [4.69, 9.17) is 4.74 Å². The molecule has 0 amide bonds. The normalized spacial score (nSPS) is 20.1. The highest BCUT2D eigenvalue weighted by molar-refractivity contribution is 5.28. The van der Waals surface area contributed by atoms with Crippen LogP contribution in [0.3, 0.4) is 0 Å². The lowest BCUT2D eigenvalue weighted by Crippen LogP contribution is -2.32. The Morgan fingerprint density at radius 3 is 2.10 bits per heavy atom. The number of ether oxygens (including phenoxy) is 1. The van der Waals surface area contributed by atoms with E-state index in [1.54, 1.807) is 7.11 Å². The summed E-state index contributed by atoms with van der Waals surface area (Å²) in [7, 11) is 1.67. The molecule has 2 aliphatic rings. The molecule has 0 saturated heterocycles. The van der Waals surface area contributed by atoms with Gasteiger partial charge in [0, 0.05) is 19.6 Å². The number of aliphatic hydroxyl groups is 1. The van der Waals surface area contributed by atoms with Crippen molar-refractivity contribution in [2.24, 2.45) is 11.8 Å². The summed E-state index contributed by atoms with van der Waals surface area (Å²) in [6.45, 7) is 3.10. The maximum Gasteiger partial charge on any atom is 0.118 e. The second-order valence-corrected chi connectivity index (χ2v) is 6.39. The van der Waals surface area contributed by atoms with Crippen LogP contribution in [0.4, 0.5) is 0 Å². The Morgan fingerprint density at radius 1 is 1.10 bits per heavy atom. The molecule has 2 aliphatic carbocycles. The summed E-state index contributed by atoms with van der Waals surface area (Å²) in [5.41, 5.74) is 0.988. The first-order chi connectivity index (χ1) is 9.74. The van der Waals surface area contributed by atoms with Crippen molar-refractivity contribution in [2.75, 3.05) is 26.7 Å². The highest BCUT2D eigenvalue weighted by atomic mass is 16.5. The van der Waals surface area contributed by atoms with Crippen LogP contribution in [0, 0.1) is 11.8 Å². The van der Waals surface area contributed by atoms with Crippen molar-refractivity contribution in [1.29, 1.82) is 0 Å². The minimum Gasteiger partial charge on any atom is -0.497 e. The Kier molecular flexibility index (Phi) is 4.27. The quantitative estimate of drug-likeness (QED) is 0.792. The number of rotatable bonds is 8. The van der Waals surface area contributed by atoms with Crippen molar-refractivity contribution in [3.8, 4) is 5.75 Å². The van der Waals surface area contributed by atoms with Crippen molar-refractivity contribution in [3.63, 3.8) is 0 Å². The van der Waals surface area contributed by atoms with Crippen molar-refractivity contribution in [2.45, 2.75) is 31.8 Å². The van der Waals surface area contributed by atoms with Gasteiger partial charge in [-0.05, 0) is 55.2 Å². The van der Waals surface area contributed by atoms with Crippen LogP contribution in [0.25, 0.3) is 0 Å². The van der Waals surface area contributed by atoms with Gasteiger partial charge in [-0.15, -0.1) is 0 Å². The third-order valence-corrected chi connectivity index (χ3v) is 4.36. The summed E-state index contributed by atoms with van der Waals surface area (Å²) < 4.78 is 5.16. The van der Waals surface area contributed by atoms with Crippen molar-refractivity contribution in [1.82, 2.24) is 4.90 Å². The first-order valence-corrected chi connectivity index (χ1v) is 7.79. The second-order valence-electron chi connectivity index (χ2n) is 6.39. The van der Waals surface area contributed by atoms with E-state index < -0.39 is 6.10 Å². The van der Waals surface area contributed by atoms with Gasteiger partial charge in [0.15, 0.2) is 0 Å². The fraction of sp³-hybridized carbons (Fsp3) is 0.647. The maximum atomic E-state index is 10.4. The molecule has 110 valence electrons. The highest BCUT2D eigenvalue weighted by Crippen LogP contribution is 2.34. The molecule has 20 heavy (non-hydrogen) atoms. The summed E-state index contributed by atoms with van der Waals surface area (Å²) in [6.07, 6.45) is 5.11. The lowest BCUT2D eigenvalue weighted by Gasteiger charge is -2.25. The second kappa shape index (κ2) is 6.15.